The molecular formula is C21H28N2O4. The van der Waals surface area contributed by atoms with E-state index in [4.69, 9.17) is 4.42 Å². The van der Waals surface area contributed by atoms with Crippen molar-refractivity contribution in [3.63, 3.8) is 0 Å². The van der Waals surface area contributed by atoms with Crippen molar-refractivity contribution in [1.82, 2.24) is 9.80 Å². The molecule has 0 saturated carbocycles. The van der Waals surface area contributed by atoms with Crippen LogP contribution in [-0.4, -0.2) is 47.0 Å². The van der Waals surface area contributed by atoms with Crippen LogP contribution in [0.25, 0.3) is 11.0 Å². The van der Waals surface area contributed by atoms with Crippen molar-refractivity contribution in [2.24, 2.45) is 5.92 Å². The molecule has 2 heterocycles. The van der Waals surface area contributed by atoms with Crippen LogP contribution in [0.4, 0.5) is 0 Å². The second kappa shape index (κ2) is 8.13. The van der Waals surface area contributed by atoms with Crippen molar-refractivity contribution >= 4 is 16.9 Å². The Morgan fingerprint density at radius 2 is 1.93 bits per heavy atom. The minimum atomic E-state index is -0.405. The summed E-state index contributed by atoms with van der Waals surface area (Å²) in [5.74, 6) is 0.480. The van der Waals surface area contributed by atoms with E-state index < -0.39 is 5.63 Å². The minimum Gasteiger partial charge on any atom is -0.508 e. The number of carbonyl (C=O) groups excluding carboxylic acids is 1. The largest absolute Gasteiger partial charge is 0.508 e. The molecule has 0 aliphatic carbocycles. The zero-order valence-corrected chi connectivity index (χ0v) is 16.3. The Morgan fingerprint density at radius 3 is 2.56 bits per heavy atom. The van der Waals surface area contributed by atoms with Crippen molar-refractivity contribution < 1.29 is 14.3 Å². The third-order valence-corrected chi connectivity index (χ3v) is 5.62. The first kappa shape index (κ1) is 19.4. The number of phenolic OH excluding ortho intramolecular Hbond substituents is 1. The topological polar surface area (TPSA) is 74.0 Å². The van der Waals surface area contributed by atoms with E-state index in [-0.39, 0.29) is 17.6 Å². The lowest BCUT2D eigenvalue weighted by molar-refractivity contribution is -0.136. The van der Waals surface area contributed by atoms with Gasteiger partial charge in [-0.1, -0.05) is 0 Å². The van der Waals surface area contributed by atoms with Crippen molar-refractivity contribution in [2.45, 2.75) is 40.2 Å². The Bertz CT molecular complexity index is 878. The van der Waals surface area contributed by atoms with Crippen LogP contribution in [0.15, 0.2) is 27.4 Å². The molecule has 1 amide bonds. The lowest BCUT2D eigenvalue weighted by atomic mass is 9.94. The van der Waals surface area contributed by atoms with Gasteiger partial charge in [0.2, 0.25) is 5.91 Å². The fourth-order valence-electron chi connectivity index (χ4n) is 3.92. The average molecular weight is 372 g/mol. The third-order valence-electron chi connectivity index (χ3n) is 5.62. The molecule has 3 rings (SSSR count). The maximum atomic E-state index is 12.5. The molecule has 0 atom stereocenters. The molecule has 6 nitrogen and oxygen atoms in total. The van der Waals surface area contributed by atoms with E-state index >= 15 is 0 Å². The number of fused-ring (bicyclic) bond motifs is 1. The molecule has 1 aromatic heterocycles. The normalized spacial score (nSPS) is 16.0. The number of likely N-dealkylation sites (tertiary alicyclic amines) is 1. The molecule has 1 fully saturated rings. The third kappa shape index (κ3) is 4.00. The molecule has 1 saturated heterocycles. The van der Waals surface area contributed by atoms with E-state index in [0.717, 1.165) is 50.0 Å². The molecule has 1 aliphatic rings. The summed E-state index contributed by atoms with van der Waals surface area (Å²) in [6, 6.07) is 4.97. The molecule has 0 spiro atoms. The average Bonchev–Trinajstić information content (AvgIpc) is 2.66. The molecule has 0 bridgehead atoms. The molecule has 0 unspecified atom stereocenters. The lowest BCUT2D eigenvalue weighted by Crippen LogP contribution is -2.42. The van der Waals surface area contributed by atoms with Gasteiger partial charge in [-0.15, -0.1) is 0 Å². The second-order valence-electron chi connectivity index (χ2n) is 7.24. The highest BCUT2D eigenvalue weighted by molar-refractivity contribution is 5.84. The molecular weight excluding hydrogens is 344 g/mol. The highest BCUT2D eigenvalue weighted by atomic mass is 16.4. The van der Waals surface area contributed by atoms with Crippen LogP contribution in [-0.2, 0) is 11.3 Å². The number of carbonyl (C=O) groups is 1. The first-order chi connectivity index (χ1) is 12.9. The van der Waals surface area contributed by atoms with Crippen LogP contribution in [0, 0.1) is 12.8 Å². The SMILES string of the molecule is CCN(CC)C(=O)C1CCN(Cc2cc(=O)oc3c(C)c(O)ccc23)CC1. The number of aryl methyl sites for hydroxylation is 1. The van der Waals surface area contributed by atoms with Crippen molar-refractivity contribution in [3.8, 4) is 5.75 Å². The summed E-state index contributed by atoms with van der Waals surface area (Å²) in [4.78, 5) is 28.7. The first-order valence-corrected chi connectivity index (χ1v) is 9.71. The van der Waals surface area contributed by atoms with Crippen molar-refractivity contribution in [1.29, 1.82) is 0 Å². The highest BCUT2D eigenvalue weighted by Gasteiger charge is 2.27. The molecule has 6 heteroatoms. The van der Waals surface area contributed by atoms with Crippen LogP contribution >= 0.6 is 0 Å². The number of phenols is 1. The van der Waals surface area contributed by atoms with Gasteiger partial charge in [0.1, 0.15) is 11.3 Å². The van der Waals surface area contributed by atoms with E-state index in [1.165, 1.54) is 6.07 Å². The number of nitrogens with zero attached hydrogens (tertiary/aromatic N) is 2. The van der Waals surface area contributed by atoms with Crippen LogP contribution in [0.2, 0.25) is 0 Å². The number of piperidine rings is 1. The van der Waals surface area contributed by atoms with Crippen LogP contribution in [0.3, 0.4) is 0 Å². The monoisotopic (exact) mass is 372 g/mol. The van der Waals surface area contributed by atoms with Gasteiger partial charge in [0.25, 0.3) is 0 Å². The fraction of sp³-hybridized carbons (Fsp3) is 0.524. The molecule has 1 N–H and O–H groups in total. The van der Waals surface area contributed by atoms with Crippen LogP contribution in [0.1, 0.15) is 37.8 Å². The van der Waals surface area contributed by atoms with Gasteiger partial charge in [0.15, 0.2) is 0 Å². The van der Waals surface area contributed by atoms with Crippen molar-refractivity contribution in [2.75, 3.05) is 26.2 Å². The quantitative estimate of drug-likeness (QED) is 0.817. The van der Waals surface area contributed by atoms with E-state index in [0.29, 0.717) is 17.7 Å². The summed E-state index contributed by atoms with van der Waals surface area (Å²) in [6.07, 6.45) is 1.68. The summed E-state index contributed by atoms with van der Waals surface area (Å²) in [5, 5.41) is 10.7. The number of hydrogen-bond acceptors (Lipinski definition) is 5. The standard InChI is InChI=1S/C21H28N2O4/c1-4-23(5-2)21(26)15-8-10-22(11-9-15)13-16-12-19(25)27-20-14(3)18(24)7-6-17(16)20/h6-7,12,15,24H,4-5,8-11,13H2,1-3H3. The fourth-order valence-corrected chi connectivity index (χ4v) is 3.92. The zero-order valence-electron chi connectivity index (χ0n) is 16.3. The number of aromatic hydroxyl groups is 1. The summed E-state index contributed by atoms with van der Waals surface area (Å²) < 4.78 is 5.32. The van der Waals surface area contributed by atoms with E-state index in [2.05, 4.69) is 4.90 Å². The Hall–Kier alpha value is -2.34. The van der Waals surface area contributed by atoms with E-state index in [9.17, 15) is 14.7 Å². The Morgan fingerprint density at radius 1 is 1.26 bits per heavy atom. The highest BCUT2D eigenvalue weighted by Crippen LogP contribution is 2.29. The molecule has 1 aliphatic heterocycles. The van der Waals surface area contributed by atoms with Gasteiger partial charge in [0, 0.05) is 42.6 Å². The smallest absolute Gasteiger partial charge is 0.336 e. The van der Waals surface area contributed by atoms with E-state index in [1.54, 1.807) is 19.1 Å². The van der Waals surface area contributed by atoms with Crippen LogP contribution < -0.4 is 5.63 Å². The van der Waals surface area contributed by atoms with Gasteiger partial charge < -0.3 is 14.4 Å². The van der Waals surface area contributed by atoms with Gasteiger partial charge in [-0.2, -0.15) is 0 Å². The first-order valence-electron chi connectivity index (χ1n) is 9.71. The Balaban J connectivity index is 1.74. The summed E-state index contributed by atoms with van der Waals surface area (Å²) in [5.41, 5.74) is 1.52. The molecule has 146 valence electrons. The lowest BCUT2D eigenvalue weighted by Gasteiger charge is -2.33. The Kier molecular flexibility index (Phi) is 5.85. The number of hydrogen-bond donors (Lipinski definition) is 1. The maximum absolute atomic E-state index is 12.5. The second-order valence-corrected chi connectivity index (χ2v) is 7.24. The van der Waals surface area contributed by atoms with Gasteiger partial charge in [-0.3, -0.25) is 9.69 Å². The Labute approximate surface area is 159 Å². The maximum Gasteiger partial charge on any atom is 0.336 e. The van der Waals surface area contributed by atoms with Gasteiger partial charge in [-0.05, 0) is 64.4 Å². The predicted molar refractivity (Wildman–Crippen MR) is 105 cm³/mol. The minimum absolute atomic E-state index is 0.0953. The number of rotatable bonds is 5. The van der Waals surface area contributed by atoms with E-state index in [1.807, 2.05) is 18.7 Å². The summed E-state index contributed by atoms with van der Waals surface area (Å²) in [7, 11) is 0. The summed E-state index contributed by atoms with van der Waals surface area (Å²) in [6.45, 7) is 9.59. The molecule has 27 heavy (non-hydrogen) atoms. The number of benzene rings is 1. The molecule has 2 aromatic rings. The zero-order chi connectivity index (χ0) is 19.6. The van der Waals surface area contributed by atoms with Gasteiger partial charge in [-0.25, -0.2) is 4.79 Å². The van der Waals surface area contributed by atoms with Gasteiger partial charge >= 0.3 is 5.63 Å². The predicted octanol–water partition coefficient (Wildman–Crippen LogP) is 2.89. The number of amides is 1. The van der Waals surface area contributed by atoms with Gasteiger partial charge in [0.05, 0.1) is 0 Å². The van der Waals surface area contributed by atoms with Crippen molar-refractivity contribution in [3.05, 3.63) is 39.7 Å². The molecule has 0 radical (unpaired) electrons. The van der Waals surface area contributed by atoms with Crippen LogP contribution in [0.5, 0.6) is 5.75 Å². The summed E-state index contributed by atoms with van der Waals surface area (Å²) >= 11 is 0. The molecule has 1 aromatic carbocycles.